The van der Waals surface area contributed by atoms with Crippen molar-refractivity contribution in [2.45, 2.75) is 87.6 Å². The van der Waals surface area contributed by atoms with Crippen molar-refractivity contribution in [1.29, 1.82) is 5.26 Å². The Morgan fingerprint density at radius 2 is 1.67 bits per heavy atom. The van der Waals surface area contributed by atoms with Crippen LogP contribution in [0, 0.1) is 28.6 Å². The molecule has 0 saturated heterocycles. The zero-order valence-electron chi connectivity index (χ0n) is 19.2. The summed E-state index contributed by atoms with van der Waals surface area (Å²) in [6, 6.07) is 5.63. The van der Waals surface area contributed by atoms with Crippen molar-refractivity contribution in [2.24, 2.45) is 17.3 Å². The van der Waals surface area contributed by atoms with Crippen LogP contribution in [0.25, 0.3) is 0 Å². The number of halogens is 9. The molecule has 11 heteroatoms. The minimum absolute atomic E-state index is 0.101. The summed E-state index contributed by atoms with van der Waals surface area (Å²) in [5.74, 6) is -20.7. The van der Waals surface area contributed by atoms with E-state index in [0.717, 1.165) is 18.4 Å². The van der Waals surface area contributed by atoms with Gasteiger partial charge in [-0.2, -0.15) is 44.8 Å². The van der Waals surface area contributed by atoms with Crippen molar-refractivity contribution in [3.8, 4) is 6.07 Å². The molecule has 0 spiro atoms. The average molecular weight is 525 g/mol. The Morgan fingerprint density at radius 1 is 1.00 bits per heavy atom. The number of rotatable bonds is 5. The van der Waals surface area contributed by atoms with Gasteiger partial charge in [-0.25, -0.2) is 0 Å². The highest BCUT2D eigenvalue weighted by molar-refractivity contribution is 5.87. The highest BCUT2D eigenvalue weighted by atomic mass is 19.4. The smallest absolute Gasteiger partial charge is 0.299 e. The number of hydrogen-bond donors (Lipinski definition) is 0. The number of benzene rings is 1. The van der Waals surface area contributed by atoms with Crippen LogP contribution in [-0.2, 0) is 11.2 Å². The summed E-state index contributed by atoms with van der Waals surface area (Å²) in [7, 11) is 0. The number of nitrogens with zero attached hydrogens (tertiary/aromatic N) is 1. The number of hydrogen-bond acceptors (Lipinski definition) is 2. The molecular weight excluding hydrogens is 501 g/mol. The second-order valence-corrected chi connectivity index (χ2v) is 10.5. The summed E-state index contributed by atoms with van der Waals surface area (Å²) in [5, 5.41) is 9.35. The van der Waals surface area contributed by atoms with Crippen LogP contribution in [0.1, 0.15) is 74.0 Å². The Bertz CT molecular complexity index is 1090. The van der Waals surface area contributed by atoms with E-state index in [1.165, 1.54) is 18.2 Å². The Balaban J connectivity index is 1.58. The number of Topliss-reactive ketones (excluding diaryl/α,β-unsaturated/α-hetero) is 1. The molecule has 1 aromatic carbocycles. The minimum atomic E-state index is -6.98. The molecule has 5 atom stereocenters. The highest BCUT2D eigenvalue weighted by Gasteiger charge is 2.81. The lowest BCUT2D eigenvalue weighted by Gasteiger charge is -2.48. The van der Waals surface area contributed by atoms with Gasteiger partial charge in [-0.3, -0.25) is 4.79 Å². The molecule has 0 aliphatic heterocycles. The van der Waals surface area contributed by atoms with Crippen LogP contribution in [-0.4, -0.2) is 29.7 Å². The topological polar surface area (TPSA) is 40.9 Å². The predicted octanol–water partition coefficient (Wildman–Crippen LogP) is 7.58. The third-order valence-corrected chi connectivity index (χ3v) is 8.69. The predicted molar refractivity (Wildman–Crippen MR) is 110 cm³/mol. The number of carbonyl (C=O) groups excluding carboxylic acids is 1. The van der Waals surface area contributed by atoms with Gasteiger partial charge in [-0.15, -0.1) is 0 Å². The van der Waals surface area contributed by atoms with E-state index in [1.54, 1.807) is 6.07 Å². The monoisotopic (exact) mass is 525 g/mol. The SMILES string of the molecule is C[C@]12CC[C@@H]3c4ccc([C@H](C#N)CC(F)(F)C(F)(F)C(F)(F)C(F)(F)F)cc4CC[C@H]3[C@@H]1CCC2=O. The molecule has 36 heavy (non-hydrogen) atoms. The van der Waals surface area contributed by atoms with E-state index in [2.05, 4.69) is 0 Å². The van der Waals surface area contributed by atoms with Gasteiger partial charge in [0.05, 0.1) is 12.0 Å². The molecule has 1 aromatic rings. The molecule has 0 aromatic heterocycles. The lowest BCUT2D eigenvalue weighted by molar-refractivity contribution is -0.396. The van der Waals surface area contributed by atoms with E-state index in [0.29, 0.717) is 31.2 Å². The third kappa shape index (κ3) is 3.81. The third-order valence-electron chi connectivity index (χ3n) is 8.69. The lowest BCUT2D eigenvalue weighted by Crippen LogP contribution is -2.61. The fourth-order valence-electron chi connectivity index (χ4n) is 6.62. The van der Waals surface area contributed by atoms with Gasteiger partial charge in [0.2, 0.25) is 0 Å². The van der Waals surface area contributed by atoms with Gasteiger partial charge in [0, 0.05) is 18.3 Å². The van der Waals surface area contributed by atoms with Crippen molar-refractivity contribution >= 4 is 5.78 Å². The van der Waals surface area contributed by atoms with Gasteiger partial charge in [-0.1, -0.05) is 25.1 Å². The zero-order valence-corrected chi connectivity index (χ0v) is 19.2. The van der Waals surface area contributed by atoms with Crippen LogP contribution in [0.3, 0.4) is 0 Å². The summed E-state index contributed by atoms with van der Waals surface area (Å²) in [4.78, 5) is 12.4. The first-order valence-electron chi connectivity index (χ1n) is 11.7. The van der Waals surface area contributed by atoms with Crippen LogP contribution in [0.15, 0.2) is 18.2 Å². The largest absolute Gasteiger partial charge is 0.460 e. The van der Waals surface area contributed by atoms with Crippen molar-refractivity contribution in [2.75, 3.05) is 0 Å². The van der Waals surface area contributed by atoms with Crippen LogP contribution in [0.4, 0.5) is 39.5 Å². The van der Waals surface area contributed by atoms with Gasteiger partial charge in [0.25, 0.3) is 0 Å². The molecule has 4 rings (SSSR count). The van der Waals surface area contributed by atoms with Crippen LogP contribution >= 0.6 is 0 Å². The van der Waals surface area contributed by atoms with Crippen LogP contribution < -0.4 is 0 Å². The van der Waals surface area contributed by atoms with E-state index in [4.69, 9.17) is 0 Å². The van der Waals surface area contributed by atoms with Crippen molar-refractivity contribution in [1.82, 2.24) is 0 Å². The maximum atomic E-state index is 14.2. The highest BCUT2D eigenvalue weighted by Crippen LogP contribution is 2.60. The van der Waals surface area contributed by atoms with Crippen molar-refractivity contribution in [3.05, 3.63) is 34.9 Å². The van der Waals surface area contributed by atoms with Gasteiger partial charge in [-0.05, 0) is 66.5 Å². The molecule has 0 heterocycles. The number of alkyl halides is 9. The maximum absolute atomic E-state index is 14.2. The molecule has 0 N–H and O–H groups in total. The molecule has 0 radical (unpaired) electrons. The minimum Gasteiger partial charge on any atom is -0.299 e. The first kappa shape index (κ1) is 26.8. The fraction of sp³-hybridized carbons (Fsp3) is 0.680. The van der Waals surface area contributed by atoms with Crippen LogP contribution in [0.5, 0.6) is 0 Å². The summed E-state index contributed by atoms with van der Waals surface area (Å²) >= 11 is 0. The lowest BCUT2D eigenvalue weighted by atomic mass is 9.55. The van der Waals surface area contributed by atoms with Gasteiger partial charge < -0.3 is 0 Å². The van der Waals surface area contributed by atoms with E-state index in [9.17, 15) is 49.6 Å². The van der Waals surface area contributed by atoms with Gasteiger partial charge in [0.1, 0.15) is 5.78 Å². The maximum Gasteiger partial charge on any atom is 0.460 e. The van der Waals surface area contributed by atoms with Crippen molar-refractivity contribution < 1.29 is 44.3 Å². The molecule has 0 amide bonds. The molecular formula is C25H24F9NO. The Labute approximate surface area is 201 Å². The summed E-state index contributed by atoms with van der Waals surface area (Å²) in [5.41, 5.74) is 1.11. The molecule has 3 aliphatic carbocycles. The quantitative estimate of drug-likeness (QED) is 0.372. The number of aryl methyl sites for hydroxylation is 1. The number of nitriles is 1. The Kier molecular flexibility index (Phi) is 6.24. The fourth-order valence-corrected chi connectivity index (χ4v) is 6.62. The standard InChI is InChI=1S/C25H24F9NO/c1-21-9-8-17-16-4-2-13(10-14(16)3-5-18(17)19(21)6-7-20(21)36)15(12-35)11-22(26,27)23(28,29)24(30,31)25(32,33)34/h2,4,10,15,17-19H,3,5-9,11H2,1H3/t15-,17+,18+,19-,21-/m0/s1. The molecule has 0 unspecified atom stereocenters. The van der Waals surface area contributed by atoms with Gasteiger partial charge in [0.15, 0.2) is 0 Å². The number of fused-ring (bicyclic) bond motifs is 5. The second-order valence-electron chi connectivity index (χ2n) is 10.5. The summed E-state index contributed by atoms with van der Waals surface area (Å²) < 4.78 is 120. The molecule has 2 nitrogen and oxygen atoms in total. The normalized spacial score (nSPS) is 29.7. The molecule has 0 bridgehead atoms. The zero-order chi connectivity index (χ0) is 26.9. The number of carbonyl (C=O) groups is 1. The number of ketones is 1. The van der Waals surface area contributed by atoms with E-state index >= 15 is 0 Å². The van der Waals surface area contributed by atoms with E-state index in [1.807, 2.05) is 6.92 Å². The second kappa shape index (κ2) is 8.38. The Morgan fingerprint density at radius 3 is 2.28 bits per heavy atom. The molecule has 198 valence electrons. The van der Waals surface area contributed by atoms with E-state index in [-0.39, 0.29) is 34.5 Å². The van der Waals surface area contributed by atoms with Crippen molar-refractivity contribution in [3.63, 3.8) is 0 Å². The van der Waals surface area contributed by atoms with E-state index < -0.39 is 36.3 Å². The molecule has 3 aliphatic rings. The average Bonchev–Trinajstić information content (AvgIpc) is 3.10. The summed E-state index contributed by atoms with van der Waals surface area (Å²) in [6.45, 7) is 2.00. The summed E-state index contributed by atoms with van der Waals surface area (Å²) in [6.07, 6.45) is -5.14. The van der Waals surface area contributed by atoms with Crippen LogP contribution in [0.2, 0.25) is 0 Å². The first-order chi connectivity index (χ1) is 16.5. The molecule has 2 saturated carbocycles. The molecule has 2 fully saturated rings. The van der Waals surface area contributed by atoms with Gasteiger partial charge >= 0.3 is 23.9 Å². The first-order valence-corrected chi connectivity index (χ1v) is 11.7. The Hall–Kier alpha value is -2.25.